The van der Waals surface area contributed by atoms with Crippen molar-refractivity contribution in [3.8, 4) is 0 Å². The molecule has 2 rings (SSSR count). The number of methoxy groups -OCH3 is 1. The Morgan fingerprint density at radius 1 is 1.10 bits per heavy atom. The van der Waals surface area contributed by atoms with Crippen LogP contribution in [-0.4, -0.2) is 53.3 Å². The fraction of sp³-hybridized carbons (Fsp3) is 0.300. The molecule has 0 spiro atoms. The van der Waals surface area contributed by atoms with Crippen LogP contribution in [0.4, 0.5) is 11.4 Å². The highest BCUT2D eigenvalue weighted by Crippen LogP contribution is 2.27. The quantitative estimate of drug-likeness (QED) is 0.538. The predicted octanol–water partition coefficient (Wildman–Crippen LogP) is 2.51. The normalized spacial score (nSPS) is 11.0. The van der Waals surface area contributed by atoms with Gasteiger partial charge in [0.25, 0.3) is 5.91 Å². The van der Waals surface area contributed by atoms with Gasteiger partial charge in [-0.05, 0) is 30.7 Å². The summed E-state index contributed by atoms with van der Waals surface area (Å²) >= 11 is 6.11. The van der Waals surface area contributed by atoms with Gasteiger partial charge in [0, 0.05) is 20.3 Å². The van der Waals surface area contributed by atoms with Crippen LogP contribution >= 0.6 is 11.6 Å². The zero-order valence-corrected chi connectivity index (χ0v) is 18.3. The van der Waals surface area contributed by atoms with Gasteiger partial charge in [-0.3, -0.25) is 13.9 Å². The van der Waals surface area contributed by atoms with E-state index < -0.39 is 22.5 Å². The monoisotopic (exact) mass is 453 g/mol. The average Bonchev–Trinajstić information content (AvgIpc) is 2.69. The Labute approximate surface area is 181 Å². The number of anilines is 2. The van der Waals surface area contributed by atoms with Crippen LogP contribution in [0.5, 0.6) is 0 Å². The molecule has 0 saturated heterocycles. The lowest BCUT2D eigenvalue weighted by Crippen LogP contribution is -2.38. The number of carbonyl (C=O) groups is 2. The third kappa shape index (κ3) is 6.72. The van der Waals surface area contributed by atoms with Crippen molar-refractivity contribution < 1.29 is 22.7 Å². The molecule has 2 N–H and O–H groups in total. The van der Waals surface area contributed by atoms with Gasteiger partial charge in [-0.15, -0.1) is 0 Å². The molecule has 0 heterocycles. The summed E-state index contributed by atoms with van der Waals surface area (Å²) in [6, 6.07) is 12.8. The van der Waals surface area contributed by atoms with Crippen LogP contribution in [0.3, 0.4) is 0 Å². The number of nitrogens with one attached hydrogen (secondary N) is 2. The Balaban J connectivity index is 2.15. The molecule has 0 aliphatic rings. The van der Waals surface area contributed by atoms with Crippen LogP contribution in [0, 0.1) is 0 Å². The highest BCUT2D eigenvalue weighted by Gasteiger charge is 2.23. The third-order valence-electron chi connectivity index (χ3n) is 4.07. The van der Waals surface area contributed by atoms with Gasteiger partial charge in [-0.1, -0.05) is 35.9 Å². The van der Waals surface area contributed by atoms with E-state index in [9.17, 15) is 18.0 Å². The maximum atomic E-state index is 12.6. The van der Waals surface area contributed by atoms with Gasteiger partial charge in [0.15, 0.2) is 0 Å². The number of halogens is 1. The van der Waals surface area contributed by atoms with Gasteiger partial charge in [0.2, 0.25) is 15.9 Å². The molecule has 10 heteroatoms. The van der Waals surface area contributed by atoms with E-state index in [-0.39, 0.29) is 27.9 Å². The Morgan fingerprint density at radius 3 is 2.43 bits per heavy atom. The van der Waals surface area contributed by atoms with Crippen molar-refractivity contribution in [1.29, 1.82) is 0 Å². The standard InChI is InChI=1S/C20H24ClN3O5S/c1-29-13-7-12-22-20(26)15-8-3-5-10-17(15)23-19(25)14-24(30(2,27)28)18-11-6-4-9-16(18)21/h3-6,8-11H,7,12-14H2,1-2H3,(H,22,26)(H,23,25). The molecule has 8 nitrogen and oxygen atoms in total. The number of hydrogen-bond acceptors (Lipinski definition) is 5. The van der Waals surface area contributed by atoms with Gasteiger partial charge in [-0.2, -0.15) is 0 Å². The fourth-order valence-electron chi connectivity index (χ4n) is 2.66. The molecule has 0 unspecified atom stereocenters. The lowest BCUT2D eigenvalue weighted by Gasteiger charge is -2.23. The molecule has 0 bridgehead atoms. The first-order valence-corrected chi connectivity index (χ1v) is 11.3. The van der Waals surface area contributed by atoms with Crippen molar-refractivity contribution in [3.63, 3.8) is 0 Å². The summed E-state index contributed by atoms with van der Waals surface area (Å²) in [4.78, 5) is 25.1. The molecule has 0 aromatic heterocycles. The van der Waals surface area contributed by atoms with E-state index in [1.165, 1.54) is 12.1 Å². The van der Waals surface area contributed by atoms with Crippen LogP contribution in [0.15, 0.2) is 48.5 Å². The van der Waals surface area contributed by atoms with Crippen LogP contribution in [0.25, 0.3) is 0 Å². The van der Waals surface area contributed by atoms with Gasteiger partial charge < -0.3 is 15.4 Å². The number of amides is 2. The summed E-state index contributed by atoms with van der Waals surface area (Å²) < 4.78 is 30.3. The molecule has 30 heavy (non-hydrogen) atoms. The van der Waals surface area contributed by atoms with Gasteiger partial charge >= 0.3 is 0 Å². The first-order valence-electron chi connectivity index (χ1n) is 9.12. The largest absolute Gasteiger partial charge is 0.385 e. The van der Waals surface area contributed by atoms with Crippen molar-refractivity contribution in [2.45, 2.75) is 6.42 Å². The molecular weight excluding hydrogens is 430 g/mol. The number of hydrogen-bond donors (Lipinski definition) is 2. The summed E-state index contributed by atoms with van der Waals surface area (Å²) in [6.45, 7) is 0.442. The summed E-state index contributed by atoms with van der Waals surface area (Å²) in [5.41, 5.74) is 0.743. The topological polar surface area (TPSA) is 105 Å². The molecule has 2 aromatic rings. The van der Waals surface area contributed by atoms with Crippen LogP contribution in [0.2, 0.25) is 5.02 Å². The number of sulfonamides is 1. The second-order valence-electron chi connectivity index (χ2n) is 6.42. The van der Waals surface area contributed by atoms with Crippen molar-refractivity contribution >= 4 is 44.8 Å². The molecule has 162 valence electrons. The minimum absolute atomic E-state index is 0.195. The lowest BCUT2D eigenvalue weighted by atomic mass is 10.1. The summed E-state index contributed by atoms with van der Waals surface area (Å²) in [5, 5.41) is 5.56. The summed E-state index contributed by atoms with van der Waals surface area (Å²) in [6.07, 6.45) is 1.64. The van der Waals surface area contributed by atoms with Gasteiger partial charge in [0.1, 0.15) is 6.54 Å². The number of rotatable bonds is 10. The second-order valence-corrected chi connectivity index (χ2v) is 8.73. The number of para-hydroxylation sites is 2. The smallest absolute Gasteiger partial charge is 0.253 e. The molecular formula is C20H24ClN3O5S. The van der Waals surface area contributed by atoms with E-state index in [0.717, 1.165) is 10.6 Å². The van der Waals surface area contributed by atoms with E-state index in [0.29, 0.717) is 19.6 Å². The Bertz CT molecular complexity index is 997. The van der Waals surface area contributed by atoms with Crippen LogP contribution in [-0.2, 0) is 19.6 Å². The van der Waals surface area contributed by atoms with Crippen LogP contribution < -0.4 is 14.9 Å². The highest BCUT2D eigenvalue weighted by atomic mass is 35.5. The van der Waals surface area contributed by atoms with Crippen molar-refractivity contribution in [3.05, 3.63) is 59.1 Å². The second kappa shape index (κ2) is 11.0. The van der Waals surface area contributed by atoms with Gasteiger partial charge in [0.05, 0.1) is 28.2 Å². The van der Waals surface area contributed by atoms with Crippen molar-refractivity contribution in [2.75, 3.05) is 42.7 Å². The van der Waals surface area contributed by atoms with E-state index in [2.05, 4.69) is 10.6 Å². The molecule has 0 fully saturated rings. The van der Waals surface area contributed by atoms with E-state index in [1.54, 1.807) is 43.5 Å². The van der Waals surface area contributed by atoms with Crippen LogP contribution in [0.1, 0.15) is 16.8 Å². The summed E-state index contributed by atoms with van der Waals surface area (Å²) in [5.74, 6) is -0.965. The fourth-order valence-corrected chi connectivity index (χ4v) is 3.82. The molecule has 0 saturated carbocycles. The number of carbonyl (C=O) groups excluding carboxylic acids is 2. The Hall–Kier alpha value is -2.62. The van der Waals surface area contributed by atoms with Crippen molar-refractivity contribution in [2.24, 2.45) is 0 Å². The maximum absolute atomic E-state index is 12.6. The molecule has 0 atom stereocenters. The minimum atomic E-state index is -3.77. The maximum Gasteiger partial charge on any atom is 0.253 e. The predicted molar refractivity (Wildman–Crippen MR) is 118 cm³/mol. The molecule has 0 radical (unpaired) electrons. The van der Waals surface area contributed by atoms with Gasteiger partial charge in [-0.25, -0.2) is 8.42 Å². The first kappa shape index (κ1) is 23.7. The average molecular weight is 454 g/mol. The Kier molecular flexibility index (Phi) is 8.64. The summed E-state index contributed by atoms with van der Waals surface area (Å²) in [7, 11) is -2.20. The highest BCUT2D eigenvalue weighted by molar-refractivity contribution is 7.92. The molecule has 0 aliphatic carbocycles. The first-order chi connectivity index (χ1) is 14.2. The van der Waals surface area contributed by atoms with E-state index in [1.807, 2.05) is 0 Å². The number of ether oxygens (including phenoxy) is 1. The molecule has 2 amide bonds. The van der Waals surface area contributed by atoms with Crippen molar-refractivity contribution in [1.82, 2.24) is 5.32 Å². The van der Waals surface area contributed by atoms with E-state index in [4.69, 9.17) is 16.3 Å². The number of benzene rings is 2. The Morgan fingerprint density at radius 2 is 1.77 bits per heavy atom. The molecule has 2 aromatic carbocycles. The third-order valence-corrected chi connectivity index (χ3v) is 5.51. The zero-order chi connectivity index (χ0) is 22.1. The number of nitrogens with zero attached hydrogens (tertiary/aromatic N) is 1. The minimum Gasteiger partial charge on any atom is -0.385 e. The lowest BCUT2D eigenvalue weighted by molar-refractivity contribution is -0.114. The SMILES string of the molecule is COCCCNC(=O)c1ccccc1NC(=O)CN(c1ccccc1Cl)S(C)(=O)=O. The molecule has 0 aliphatic heterocycles. The van der Waals surface area contributed by atoms with E-state index >= 15 is 0 Å². The zero-order valence-electron chi connectivity index (χ0n) is 16.7.